The lowest BCUT2D eigenvalue weighted by molar-refractivity contribution is 0.152. The van der Waals surface area contributed by atoms with Gasteiger partial charge in [0.15, 0.2) is 0 Å². The van der Waals surface area contributed by atoms with Crippen LogP contribution in [-0.4, -0.2) is 13.2 Å². The van der Waals surface area contributed by atoms with E-state index in [-0.39, 0.29) is 6.04 Å². The van der Waals surface area contributed by atoms with Gasteiger partial charge in [-0.2, -0.15) is 0 Å². The van der Waals surface area contributed by atoms with Crippen molar-refractivity contribution >= 4 is 0 Å². The van der Waals surface area contributed by atoms with Gasteiger partial charge < -0.3 is 10.5 Å². The van der Waals surface area contributed by atoms with E-state index in [4.69, 9.17) is 10.5 Å². The molecule has 3 unspecified atom stereocenters. The van der Waals surface area contributed by atoms with E-state index in [0.29, 0.717) is 11.3 Å². The lowest BCUT2D eigenvalue weighted by Gasteiger charge is -2.41. The number of ether oxygens (including phenoxy) is 1. The Balaban J connectivity index is 2.39. The molecular formula is C19H31NO. The summed E-state index contributed by atoms with van der Waals surface area (Å²) >= 11 is 0. The molecule has 1 saturated carbocycles. The van der Waals surface area contributed by atoms with Crippen molar-refractivity contribution in [1.82, 2.24) is 0 Å². The molecule has 1 aromatic carbocycles. The number of hydrogen-bond donors (Lipinski definition) is 1. The molecule has 21 heavy (non-hydrogen) atoms. The second kappa shape index (κ2) is 6.00. The number of methoxy groups -OCH3 is 1. The average molecular weight is 289 g/mol. The van der Waals surface area contributed by atoms with Crippen LogP contribution in [-0.2, 0) is 0 Å². The lowest BCUT2D eigenvalue weighted by Crippen LogP contribution is -2.38. The fourth-order valence-electron chi connectivity index (χ4n) is 3.90. The van der Waals surface area contributed by atoms with E-state index >= 15 is 0 Å². The highest BCUT2D eigenvalue weighted by atomic mass is 16.5. The van der Waals surface area contributed by atoms with Crippen LogP contribution in [0.2, 0.25) is 0 Å². The zero-order valence-electron chi connectivity index (χ0n) is 14.5. The summed E-state index contributed by atoms with van der Waals surface area (Å²) in [5, 5.41) is 0. The fourth-order valence-corrected chi connectivity index (χ4v) is 3.90. The molecule has 1 fully saturated rings. The van der Waals surface area contributed by atoms with Crippen molar-refractivity contribution in [3.63, 3.8) is 0 Å². The summed E-state index contributed by atoms with van der Waals surface area (Å²) in [6.45, 7) is 11.4. The van der Waals surface area contributed by atoms with Crippen LogP contribution in [0, 0.1) is 25.2 Å². The molecule has 0 saturated heterocycles. The highest BCUT2D eigenvalue weighted by molar-refractivity contribution is 5.46. The van der Waals surface area contributed by atoms with Gasteiger partial charge >= 0.3 is 0 Å². The molecule has 1 aliphatic carbocycles. The van der Waals surface area contributed by atoms with Gasteiger partial charge in [-0.3, -0.25) is 0 Å². The monoisotopic (exact) mass is 289 g/mol. The third kappa shape index (κ3) is 3.42. The molecule has 0 heterocycles. The summed E-state index contributed by atoms with van der Waals surface area (Å²) in [6.07, 6.45) is 3.53. The molecule has 2 rings (SSSR count). The van der Waals surface area contributed by atoms with Crippen LogP contribution < -0.4 is 10.5 Å². The highest BCUT2D eigenvalue weighted by Gasteiger charge is 2.36. The molecule has 118 valence electrons. The molecule has 1 aromatic rings. The zero-order chi connectivity index (χ0) is 15.8. The Morgan fingerprint density at radius 3 is 2.38 bits per heavy atom. The van der Waals surface area contributed by atoms with Gasteiger partial charge in [0, 0.05) is 17.5 Å². The van der Waals surface area contributed by atoms with Gasteiger partial charge in [0.05, 0.1) is 7.11 Å². The molecule has 3 atom stereocenters. The second-order valence-corrected chi connectivity index (χ2v) is 7.84. The second-order valence-electron chi connectivity index (χ2n) is 7.84. The van der Waals surface area contributed by atoms with Crippen molar-refractivity contribution in [2.24, 2.45) is 17.1 Å². The minimum Gasteiger partial charge on any atom is -0.496 e. The average Bonchev–Trinajstić information content (AvgIpc) is 2.37. The molecule has 0 amide bonds. The quantitative estimate of drug-likeness (QED) is 0.865. The number of rotatable bonds is 2. The summed E-state index contributed by atoms with van der Waals surface area (Å²) in [7, 11) is 1.77. The fraction of sp³-hybridized carbons (Fsp3) is 0.684. The molecular weight excluding hydrogens is 258 g/mol. The van der Waals surface area contributed by atoms with Gasteiger partial charge in [0.1, 0.15) is 5.75 Å². The van der Waals surface area contributed by atoms with Gasteiger partial charge in [-0.25, -0.2) is 0 Å². The summed E-state index contributed by atoms with van der Waals surface area (Å²) in [4.78, 5) is 0. The highest BCUT2D eigenvalue weighted by Crippen LogP contribution is 2.46. The molecule has 0 bridgehead atoms. The van der Waals surface area contributed by atoms with Crippen molar-refractivity contribution < 1.29 is 4.74 Å². The number of hydrogen-bond acceptors (Lipinski definition) is 2. The van der Waals surface area contributed by atoms with Crippen LogP contribution in [0.25, 0.3) is 0 Å². The third-order valence-corrected chi connectivity index (χ3v) is 5.21. The van der Waals surface area contributed by atoms with Crippen molar-refractivity contribution in [2.45, 2.75) is 65.8 Å². The summed E-state index contributed by atoms with van der Waals surface area (Å²) < 4.78 is 5.67. The van der Waals surface area contributed by atoms with E-state index in [1.165, 1.54) is 29.5 Å². The minimum atomic E-state index is 0.249. The Kier molecular flexibility index (Phi) is 4.67. The molecule has 0 radical (unpaired) electrons. The summed E-state index contributed by atoms with van der Waals surface area (Å²) in [5.41, 5.74) is 10.8. The van der Waals surface area contributed by atoms with E-state index in [1.54, 1.807) is 7.11 Å². The maximum absolute atomic E-state index is 6.49. The molecule has 1 aliphatic rings. The first-order valence-corrected chi connectivity index (χ1v) is 8.14. The topological polar surface area (TPSA) is 35.2 Å². The van der Waals surface area contributed by atoms with Crippen LogP contribution >= 0.6 is 0 Å². The number of benzene rings is 1. The lowest BCUT2D eigenvalue weighted by atomic mass is 9.65. The first-order chi connectivity index (χ1) is 9.74. The minimum absolute atomic E-state index is 0.249. The smallest absolute Gasteiger partial charge is 0.122 e. The largest absolute Gasteiger partial charge is 0.496 e. The maximum Gasteiger partial charge on any atom is 0.122 e. The van der Waals surface area contributed by atoms with Crippen molar-refractivity contribution in [1.29, 1.82) is 0 Å². The van der Waals surface area contributed by atoms with Gasteiger partial charge in [-0.1, -0.05) is 26.8 Å². The standard InChI is InChI=1S/C19H31NO/c1-12-9-13(2)18(17(10-12)21-6)15-11-14(19(3,4)5)7-8-16(15)20/h9-10,14-16H,7-8,11,20H2,1-6H3. The van der Waals surface area contributed by atoms with E-state index in [9.17, 15) is 0 Å². The van der Waals surface area contributed by atoms with Gasteiger partial charge in [-0.05, 0) is 61.6 Å². The Morgan fingerprint density at radius 1 is 1.14 bits per heavy atom. The Bertz CT molecular complexity index is 501. The third-order valence-electron chi connectivity index (χ3n) is 5.21. The molecule has 0 aromatic heterocycles. The van der Waals surface area contributed by atoms with E-state index in [0.717, 1.165) is 18.1 Å². The van der Waals surface area contributed by atoms with Crippen molar-refractivity contribution in [2.75, 3.05) is 7.11 Å². The summed E-state index contributed by atoms with van der Waals surface area (Å²) in [6, 6.07) is 4.65. The number of aryl methyl sites for hydroxylation is 2. The van der Waals surface area contributed by atoms with Crippen LogP contribution in [0.3, 0.4) is 0 Å². The first-order valence-electron chi connectivity index (χ1n) is 8.14. The number of nitrogens with two attached hydrogens (primary N) is 1. The molecule has 0 aliphatic heterocycles. The van der Waals surface area contributed by atoms with Crippen molar-refractivity contribution in [3.05, 3.63) is 28.8 Å². The van der Waals surface area contributed by atoms with Crippen LogP contribution in [0.15, 0.2) is 12.1 Å². The molecule has 0 spiro atoms. The Labute approximate surface area is 130 Å². The maximum atomic E-state index is 6.49. The molecule has 2 nitrogen and oxygen atoms in total. The van der Waals surface area contributed by atoms with Crippen molar-refractivity contribution in [3.8, 4) is 5.75 Å². The van der Waals surface area contributed by atoms with E-state index in [1.807, 2.05) is 0 Å². The van der Waals surface area contributed by atoms with Crippen LogP contribution in [0.4, 0.5) is 0 Å². The normalized spacial score (nSPS) is 26.7. The predicted octanol–water partition coefficient (Wildman–Crippen LogP) is 4.57. The summed E-state index contributed by atoms with van der Waals surface area (Å²) in [5.74, 6) is 2.16. The van der Waals surface area contributed by atoms with Gasteiger partial charge in [-0.15, -0.1) is 0 Å². The Hall–Kier alpha value is -1.02. The van der Waals surface area contributed by atoms with E-state index < -0.39 is 0 Å². The SMILES string of the molecule is COc1cc(C)cc(C)c1C1CC(C(C)(C)C)CCC1N. The molecule has 2 N–H and O–H groups in total. The first kappa shape index (κ1) is 16.4. The van der Waals surface area contributed by atoms with E-state index in [2.05, 4.69) is 46.8 Å². The Morgan fingerprint density at radius 2 is 1.81 bits per heavy atom. The predicted molar refractivity (Wildman–Crippen MR) is 90.0 cm³/mol. The van der Waals surface area contributed by atoms with Crippen LogP contribution in [0.1, 0.15) is 62.6 Å². The van der Waals surface area contributed by atoms with Crippen LogP contribution in [0.5, 0.6) is 5.75 Å². The van der Waals surface area contributed by atoms with Gasteiger partial charge in [0.25, 0.3) is 0 Å². The zero-order valence-corrected chi connectivity index (χ0v) is 14.5. The molecule has 2 heteroatoms. The van der Waals surface area contributed by atoms with Gasteiger partial charge in [0.2, 0.25) is 0 Å².